The summed E-state index contributed by atoms with van der Waals surface area (Å²) in [7, 11) is 1.60. The molecule has 1 amide bonds. The summed E-state index contributed by atoms with van der Waals surface area (Å²) >= 11 is 0. The zero-order chi connectivity index (χ0) is 14.8. The first-order valence-corrected chi connectivity index (χ1v) is 7.03. The Morgan fingerprint density at radius 1 is 1.60 bits per heavy atom. The molecule has 1 aliphatic rings. The van der Waals surface area contributed by atoms with Crippen molar-refractivity contribution >= 4 is 5.91 Å². The van der Waals surface area contributed by atoms with Crippen LogP contribution in [0.25, 0.3) is 0 Å². The Morgan fingerprint density at radius 3 is 2.95 bits per heavy atom. The number of primary amides is 1. The Kier molecular flexibility index (Phi) is 4.45. The highest BCUT2D eigenvalue weighted by molar-refractivity contribution is 5.85. The van der Waals surface area contributed by atoms with Crippen LogP contribution in [-0.4, -0.2) is 41.8 Å². The van der Waals surface area contributed by atoms with Gasteiger partial charge in [-0.1, -0.05) is 12.1 Å². The highest BCUT2D eigenvalue weighted by Crippen LogP contribution is 2.32. The number of aryl methyl sites for hydroxylation is 2. The zero-order valence-corrected chi connectivity index (χ0v) is 12.4. The van der Waals surface area contributed by atoms with Crippen LogP contribution >= 0.6 is 0 Å². The molecule has 0 spiro atoms. The summed E-state index contributed by atoms with van der Waals surface area (Å²) in [5, 5.41) is 4.07. The predicted molar refractivity (Wildman–Crippen MR) is 74.1 cm³/mol. The average Bonchev–Trinajstić information content (AvgIpc) is 2.97. The quantitative estimate of drug-likeness (QED) is 0.841. The molecule has 2 rings (SSSR count). The monoisotopic (exact) mass is 281 g/mol. The summed E-state index contributed by atoms with van der Waals surface area (Å²) < 4.78 is 10.5. The number of nitrogens with two attached hydrogens (primary N) is 1. The minimum Gasteiger partial charge on any atom is -0.382 e. The number of nitrogens with zero attached hydrogens (tertiary/aromatic N) is 2. The van der Waals surface area contributed by atoms with E-state index in [4.69, 9.17) is 15.0 Å². The van der Waals surface area contributed by atoms with Crippen molar-refractivity contribution in [2.75, 3.05) is 20.3 Å². The fraction of sp³-hybridized carbons (Fsp3) is 0.714. The number of rotatable bonds is 6. The van der Waals surface area contributed by atoms with E-state index in [1.807, 2.05) is 13.8 Å². The predicted octanol–water partition coefficient (Wildman–Crippen LogP) is 1.01. The molecule has 0 radical (unpaired) electrons. The summed E-state index contributed by atoms with van der Waals surface area (Å²) in [4.78, 5) is 14.1. The maximum absolute atomic E-state index is 12.0. The molecule has 1 aliphatic heterocycles. The molecule has 1 fully saturated rings. The smallest absolute Gasteiger partial charge is 0.240 e. The molecule has 1 aromatic heterocycles. The van der Waals surface area contributed by atoms with Crippen LogP contribution in [0.2, 0.25) is 0 Å². The van der Waals surface area contributed by atoms with Gasteiger partial charge in [0, 0.05) is 19.2 Å². The molecule has 6 nitrogen and oxygen atoms in total. The lowest BCUT2D eigenvalue weighted by Gasteiger charge is -2.35. The van der Waals surface area contributed by atoms with Gasteiger partial charge in [0.25, 0.3) is 0 Å². The van der Waals surface area contributed by atoms with E-state index in [-0.39, 0.29) is 5.91 Å². The molecule has 2 heterocycles. The average molecular weight is 281 g/mol. The van der Waals surface area contributed by atoms with Crippen molar-refractivity contribution in [1.29, 1.82) is 0 Å². The van der Waals surface area contributed by atoms with E-state index in [2.05, 4.69) is 10.1 Å². The molecular formula is C14H23N3O3. The van der Waals surface area contributed by atoms with E-state index >= 15 is 0 Å². The van der Waals surface area contributed by atoms with Crippen molar-refractivity contribution in [3.05, 3.63) is 17.0 Å². The fourth-order valence-electron chi connectivity index (χ4n) is 3.03. The highest BCUT2D eigenvalue weighted by atomic mass is 16.5. The minimum absolute atomic E-state index is 0.316. The third-order valence-electron chi connectivity index (χ3n) is 4.22. The van der Waals surface area contributed by atoms with E-state index in [0.29, 0.717) is 13.2 Å². The Bertz CT molecular complexity index is 486. The van der Waals surface area contributed by atoms with E-state index in [9.17, 15) is 4.79 Å². The van der Waals surface area contributed by atoms with Crippen molar-refractivity contribution in [3.63, 3.8) is 0 Å². The molecule has 0 aliphatic carbocycles. The van der Waals surface area contributed by atoms with Gasteiger partial charge in [0.1, 0.15) is 11.3 Å². The second kappa shape index (κ2) is 5.93. The number of amides is 1. The maximum Gasteiger partial charge on any atom is 0.240 e. The molecule has 112 valence electrons. The zero-order valence-electron chi connectivity index (χ0n) is 12.4. The van der Waals surface area contributed by atoms with Crippen LogP contribution < -0.4 is 5.73 Å². The lowest BCUT2D eigenvalue weighted by atomic mass is 9.95. The lowest BCUT2D eigenvalue weighted by molar-refractivity contribution is -0.132. The number of ether oxygens (including phenoxy) is 1. The molecule has 2 N–H and O–H groups in total. The number of carbonyl (C=O) groups excluding carboxylic acids is 1. The van der Waals surface area contributed by atoms with Crippen molar-refractivity contribution in [3.8, 4) is 0 Å². The van der Waals surface area contributed by atoms with Gasteiger partial charge < -0.3 is 15.0 Å². The number of aromatic nitrogens is 1. The van der Waals surface area contributed by atoms with Crippen molar-refractivity contribution < 1.29 is 14.1 Å². The van der Waals surface area contributed by atoms with Gasteiger partial charge in [-0.15, -0.1) is 0 Å². The molecule has 1 atom stereocenters. The van der Waals surface area contributed by atoms with Gasteiger partial charge in [-0.2, -0.15) is 0 Å². The minimum atomic E-state index is -0.705. The first-order chi connectivity index (χ1) is 9.55. The second-order valence-electron chi connectivity index (χ2n) is 5.37. The van der Waals surface area contributed by atoms with Crippen LogP contribution in [0.5, 0.6) is 0 Å². The molecule has 1 aromatic rings. The molecule has 20 heavy (non-hydrogen) atoms. The first-order valence-electron chi connectivity index (χ1n) is 7.03. The van der Waals surface area contributed by atoms with Crippen LogP contribution in [0, 0.1) is 6.92 Å². The summed E-state index contributed by atoms with van der Waals surface area (Å²) in [6.07, 6.45) is 2.49. The van der Waals surface area contributed by atoms with Gasteiger partial charge in [-0.3, -0.25) is 9.69 Å². The van der Waals surface area contributed by atoms with E-state index in [1.165, 1.54) is 0 Å². The Hall–Kier alpha value is -1.40. The third-order valence-corrected chi connectivity index (χ3v) is 4.22. The van der Waals surface area contributed by atoms with Crippen molar-refractivity contribution in [2.24, 2.45) is 5.73 Å². The number of hydrogen-bond acceptors (Lipinski definition) is 5. The largest absolute Gasteiger partial charge is 0.382 e. The Balaban J connectivity index is 2.26. The van der Waals surface area contributed by atoms with E-state index in [1.54, 1.807) is 7.11 Å². The van der Waals surface area contributed by atoms with E-state index in [0.717, 1.165) is 42.8 Å². The Morgan fingerprint density at radius 2 is 2.35 bits per heavy atom. The van der Waals surface area contributed by atoms with Crippen LogP contribution in [0.1, 0.15) is 36.8 Å². The summed E-state index contributed by atoms with van der Waals surface area (Å²) in [6, 6.07) is 0. The molecule has 6 heteroatoms. The Labute approximate surface area is 119 Å². The molecule has 0 saturated carbocycles. The summed E-state index contributed by atoms with van der Waals surface area (Å²) in [6.45, 7) is 5.74. The fourth-order valence-corrected chi connectivity index (χ4v) is 3.03. The van der Waals surface area contributed by atoms with Crippen LogP contribution in [-0.2, 0) is 22.5 Å². The molecule has 0 aromatic carbocycles. The molecule has 1 saturated heterocycles. The number of likely N-dealkylation sites (tertiary alicyclic amines) is 1. The summed E-state index contributed by atoms with van der Waals surface area (Å²) in [5.74, 6) is 0.494. The maximum atomic E-state index is 12.0. The second-order valence-corrected chi connectivity index (χ2v) is 5.37. The highest BCUT2D eigenvalue weighted by Gasteiger charge is 2.46. The molecule has 0 bridgehead atoms. The first kappa shape index (κ1) is 15.0. The van der Waals surface area contributed by atoms with Gasteiger partial charge >= 0.3 is 0 Å². The van der Waals surface area contributed by atoms with Crippen LogP contribution in [0.3, 0.4) is 0 Å². The van der Waals surface area contributed by atoms with Crippen molar-refractivity contribution in [1.82, 2.24) is 10.1 Å². The number of methoxy groups -OCH3 is 1. The van der Waals surface area contributed by atoms with Gasteiger partial charge in [-0.25, -0.2) is 0 Å². The van der Waals surface area contributed by atoms with Crippen molar-refractivity contribution in [2.45, 2.75) is 45.2 Å². The standard InChI is InChI=1S/C14H23N3O3/c1-4-12-11(10(2)20-16-12)8-17-7-5-6-14(17,9-19-3)13(15)18/h4-9H2,1-3H3,(H2,15,18). The SMILES string of the molecule is CCc1noc(C)c1CN1CCCC1(COC)C(N)=O. The van der Waals surface area contributed by atoms with Gasteiger partial charge in [0.15, 0.2) is 0 Å². The van der Waals surface area contributed by atoms with Gasteiger partial charge in [-0.05, 0) is 32.7 Å². The van der Waals surface area contributed by atoms with Gasteiger partial charge in [0.05, 0.1) is 12.3 Å². The topological polar surface area (TPSA) is 81.6 Å². The van der Waals surface area contributed by atoms with Crippen LogP contribution in [0.4, 0.5) is 0 Å². The normalized spacial score (nSPS) is 23.4. The molecular weight excluding hydrogens is 258 g/mol. The number of hydrogen-bond donors (Lipinski definition) is 1. The van der Waals surface area contributed by atoms with E-state index < -0.39 is 5.54 Å². The molecule has 1 unspecified atom stereocenters. The van der Waals surface area contributed by atoms with Gasteiger partial charge in [0.2, 0.25) is 5.91 Å². The number of carbonyl (C=O) groups is 1. The third kappa shape index (κ3) is 2.45. The summed E-state index contributed by atoms with van der Waals surface area (Å²) in [5.41, 5.74) is 6.96. The lowest BCUT2D eigenvalue weighted by Crippen LogP contribution is -2.56. The van der Waals surface area contributed by atoms with Crippen LogP contribution in [0.15, 0.2) is 4.52 Å².